The Labute approximate surface area is 154 Å². The second-order valence-corrected chi connectivity index (χ2v) is 7.18. The molecule has 3 aromatic rings. The molecule has 0 bridgehead atoms. The van der Waals surface area contributed by atoms with Gasteiger partial charge in [0.05, 0.1) is 0 Å². The highest BCUT2D eigenvalue weighted by molar-refractivity contribution is 7.18. The molecule has 2 aromatic heterocycles. The van der Waals surface area contributed by atoms with E-state index in [0.717, 1.165) is 26.1 Å². The van der Waals surface area contributed by atoms with E-state index in [-0.39, 0.29) is 5.96 Å². The highest BCUT2D eigenvalue weighted by atomic mass is 32.1. The Bertz CT molecular complexity index is 1070. The van der Waals surface area contributed by atoms with E-state index in [4.69, 9.17) is 5.73 Å². The van der Waals surface area contributed by atoms with Gasteiger partial charge in [0.25, 0.3) is 11.7 Å². The molecule has 0 saturated heterocycles. The largest absolute Gasteiger partial charge is 0.369 e. The van der Waals surface area contributed by atoms with Crippen LogP contribution in [0.3, 0.4) is 0 Å². The summed E-state index contributed by atoms with van der Waals surface area (Å²) in [6.07, 6.45) is 3.49. The summed E-state index contributed by atoms with van der Waals surface area (Å²) in [5.74, 6) is -1.19. The Hall–Kier alpha value is -3.06. The number of aliphatic imine (C=N–C) groups is 1. The van der Waals surface area contributed by atoms with Crippen molar-refractivity contribution in [2.75, 3.05) is 7.05 Å². The summed E-state index contributed by atoms with van der Waals surface area (Å²) in [6.45, 7) is 1.65. The molecule has 2 N–H and O–H groups in total. The molecule has 0 saturated carbocycles. The van der Waals surface area contributed by atoms with Gasteiger partial charge in [-0.2, -0.15) is 0 Å². The number of hydrogen-bond donors (Lipinski definition) is 1. The van der Waals surface area contributed by atoms with Crippen LogP contribution in [0, 0.1) is 0 Å². The van der Waals surface area contributed by atoms with E-state index in [9.17, 15) is 9.59 Å². The van der Waals surface area contributed by atoms with E-state index in [2.05, 4.69) is 9.98 Å². The normalized spacial score (nSPS) is 20.5. The number of Topliss-reactive ketones (excluding diaryl/α,β-unsaturated/α-hetero) is 1. The molecule has 1 aromatic carbocycles. The zero-order valence-corrected chi connectivity index (χ0v) is 15.1. The third kappa shape index (κ3) is 2.24. The maximum Gasteiger partial charge on any atom is 0.299 e. The molecule has 1 aliphatic rings. The minimum atomic E-state index is -1.32. The minimum Gasteiger partial charge on any atom is -0.369 e. The zero-order valence-electron chi connectivity index (χ0n) is 14.3. The number of pyridine rings is 1. The van der Waals surface area contributed by atoms with Gasteiger partial charge in [-0.3, -0.25) is 19.5 Å². The van der Waals surface area contributed by atoms with Crippen molar-refractivity contribution in [3.63, 3.8) is 0 Å². The van der Waals surface area contributed by atoms with Gasteiger partial charge >= 0.3 is 0 Å². The molecular formula is C19H16N4O2S. The summed E-state index contributed by atoms with van der Waals surface area (Å²) < 4.78 is 1.03. The van der Waals surface area contributed by atoms with Crippen LogP contribution in [0.1, 0.15) is 12.5 Å². The van der Waals surface area contributed by atoms with Gasteiger partial charge in [0.2, 0.25) is 0 Å². The van der Waals surface area contributed by atoms with Crippen molar-refractivity contribution < 1.29 is 9.59 Å². The molecule has 6 nitrogen and oxygen atoms in total. The summed E-state index contributed by atoms with van der Waals surface area (Å²) in [7, 11) is 1.45. The van der Waals surface area contributed by atoms with Gasteiger partial charge < -0.3 is 5.73 Å². The lowest BCUT2D eigenvalue weighted by Crippen LogP contribution is -2.54. The first kappa shape index (κ1) is 16.4. The van der Waals surface area contributed by atoms with E-state index in [1.165, 1.54) is 18.4 Å². The van der Waals surface area contributed by atoms with Crippen molar-refractivity contribution in [3.05, 3.63) is 53.7 Å². The topological polar surface area (TPSA) is 88.7 Å². The first-order valence-electron chi connectivity index (χ1n) is 8.02. The van der Waals surface area contributed by atoms with Gasteiger partial charge in [-0.15, -0.1) is 11.3 Å². The number of amides is 1. The molecule has 0 radical (unpaired) electrons. The summed E-state index contributed by atoms with van der Waals surface area (Å²) >= 11 is 1.53. The monoisotopic (exact) mass is 364 g/mol. The number of nitrogens with two attached hydrogens (primary N) is 1. The van der Waals surface area contributed by atoms with Crippen LogP contribution in [-0.4, -0.2) is 34.6 Å². The molecule has 0 aliphatic carbocycles. The molecule has 3 heterocycles. The van der Waals surface area contributed by atoms with Gasteiger partial charge in [0.1, 0.15) is 0 Å². The average molecular weight is 364 g/mol. The van der Waals surface area contributed by atoms with E-state index in [1.54, 1.807) is 19.3 Å². The fraction of sp³-hybridized carbons (Fsp3) is 0.158. The van der Waals surface area contributed by atoms with Crippen LogP contribution in [0.15, 0.2) is 53.1 Å². The molecule has 1 atom stereocenters. The van der Waals surface area contributed by atoms with E-state index < -0.39 is 17.2 Å². The van der Waals surface area contributed by atoms with Crippen LogP contribution in [0.5, 0.6) is 0 Å². The Morgan fingerprint density at radius 2 is 1.88 bits per heavy atom. The van der Waals surface area contributed by atoms with Crippen LogP contribution in [-0.2, 0) is 15.1 Å². The van der Waals surface area contributed by atoms with Gasteiger partial charge in [-0.25, -0.2) is 4.99 Å². The third-order valence-corrected chi connectivity index (χ3v) is 5.77. The predicted molar refractivity (Wildman–Crippen MR) is 102 cm³/mol. The lowest BCUT2D eigenvalue weighted by atomic mass is 9.85. The number of carbonyl (C=O) groups is 2. The molecule has 7 heteroatoms. The fourth-order valence-electron chi connectivity index (χ4n) is 3.20. The number of fused-ring (bicyclic) bond motifs is 1. The third-order valence-electron chi connectivity index (χ3n) is 4.74. The van der Waals surface area contributed by atoms with Crippen molar-refractivity contribution in [1.82, 2.24) is 9.88 Å². The molecule has 1 amide bonds. The molecule has 0 fully saturated rings. The number of carbonyl (C=O) groups excluding carboxylic acids is 2. The maximum atomic E-state index is 12.7. The quantitative estimate of drug-likeness (QED) is 0.708. The number of guanidine groups is 1. The first-order chi connectivity index (χ1) is 12.4. The SMILES string of the molecule is CN1C(=O)C(=O)[C@@](C)(c2csc3c(-c4ccncc4)cccc23)N=C1N. The molecule has 26 heavy (non-hydrogen) atoms. The smallest absolute Gasteiger partial charge is 0.299 e. The van der Waals surface area contributed by atoms with Crippen molar-refractivity contribution >= 4 is 39.1 Å². The van der Waals surface area contributed by atoms with Crippen LogP contribution in [0.4, 0.5) is 0 Å². The minimum absolute atomic E-state index is 0.0433. The van der Waals surface area contributed by atoms with Crippen molar-refractivity contribution in [3.8, 4) is 11.1 Å². The van der Waals surface area contributed by atoms with Crippen LogP contribution in [0.2, 0.25) is 0 Å². The second kappa shape index (κ2) is 5.74. The van der Waals surface area contributed by atoms with E-state index >= 15 is 0 Å². The van der Waals surface area contributed by atoms with Crippen molar-refractivity contribution in [2.45, 2.75) is 12.5 Å². The number of nitrogens with zero attached hydrogens (tertiary/aromatic N) is 3. The standard InChI is InChI=1S/C19H16N4O2S/c1-19(16(24)17(25)23(2)18(20)22-19)14-10-26-15-12(4-3-5-13(14)15)11-6-8-21-9-7-11/h3-10H,1-2H3,(H2,20,22)/t19-/m1/s1. The van der Waals surface area contributed by atoms with Crippen molar-refractivity contribution in [1.29, 1.82) is 0 Å². The van der Waals surface area contributed by atoms with E-state index in [1.807, 2.05) is 35.7 Å². The van der Waals surface area contributed by atoms with Crippen LogP contribution in [0.25, 0.3) is 21.2 Å². The molecule has 0 unspecified atom stereocenters. The number of benzene rings is 1. The summed E-state index contributed by atoms with van der Waals surface area (Å²) in [5.41, 5.74) is 7.35. The highest BCUT2D eigenvalue weighted by Gasteiger charge is 2.46. The van der Waals surface area contributed by atoms with Gasteiger partial charge in [-0.1, -0.05) is 18.2 Å². The van der Waals surface area contributed by atoms with Crippen molar-refractivity contribution in [2.24, 2.45) is 10.7 Å². The number of aromatic nitrogens is 1. The number of ketones is 1. The van der Waals surface area contributed by atoms with Crippen LogP contribution < -0.4 is 5.73 Å². The van der Waals surface area contributed by atoms with Crippen LogP contribution >= 0.6 is 11.3 Å². The second-order valence-electron chi connectivity index (χ2n) is 6.30. The highest BCUT2D eigenvalue weighted by Crippen LogP contribution is 2.41. The Balaban J connectivity index is 1.95. The fourth-order valence-corrected chi connectivity index (χ4v) is 4.41. The lowest BCUT2D eigenvalue weighted by Gasteiger charge is -2.31. The Kier molecular flexibility index (Phi) is 3.62. The maximum absolute atomic E-state index is 12.7. The summed E-state index contributed by atoms with van der Waals surface area (Å²) in [4.78, 5) is 34.5. The first-order valence-corrected chi connectivity index (χ1v) is 8.90. The molecular weight excluding hydrogens is 348 g/mol. The molecule has 4 rings (SSSR count). The zero-order chi connectivity index (χ0) is 18.5. The molecule has 0 spiro atoms. The number of thiophene rings is 1. The average Bonchev–Trinajstić information content (AvgIpc) is 3.10. The van der Waals surface area contributed by atoms with E-state index in [0.29, 0.717) is 5.56 Å². The Morgan fingerprint density at radius 1 is 1.15 bits per heavy atom. The number of likely N-dealkylation sites (N-methyl/N-ethyl adjacent to an activating group) is 1. The number of rotatable bonds is 2. The molecule has 130 valence electrons. The Morgan fingerprint density at radius 3 is 2.62 bits per heavy atom. The van der Waals surface area contributed by atoms with Gasteiger partial charge in [0, 0.05) is 29.7 Å². The summed E-state index contributed by atoms with van der Waals surface area (Å²) in [6, 6.07) is 9.79. The van der Waals surface area contributed by atoms with Gasteiger partial charge in [-0.05, 0) is 40.9 Å². The number of hydrogen-bond acceptors (Lipinski definition) is 6. The lowest BCUT2D eigenvalue weighted by molar-refractivity contribution is -0.145. The summed E-state index contributed by atoms with van der Waals surface area (Å²) in [5, 5.41) is 2.79. The van der Waals surface area contributed by atoms with Gasteiger partial charge in [0.15, 0.2) is 11.5 Å². The predicted octanol–water partition coefficient (Wildman–Crippen LogP) is 2.53. The molecule has 1 aliphatic heterocycles.